The van der Waals surface area contributed by atoms with Crippen LogP contribution in [0.3, 0.4) is 0 Å². The van der Waals surface area contributed by atoms with E-state index in [4.69, 9.17) is 14.9 Å². The summed E-state index contributed by atoms with van der Waals surface area (Å²) >= 11 is 0. The van der Waals surface area contributed by atoms with Gasteiger partial charge in [-0.15, -0.1) is 0 Å². The van der Waals surface area contributed by atoms with Crippen molar-refractivity contribution in [3.63, 3.8) is 0 Å². The quantitative estimate of drug-likeness (QED) is 0.142. The van der Waals surface area contributed by atoms with E-state index < -0.39 is 79.8 Å². The zero-order valence-corrected chi connectivity index (χ0v) is 14.2. The van der Waals surface area contributed by atoms with Gasteiger partial charge in [0, 0.05) is 6.92 Å². The monoisotopic (exact) mass is 397 g/mol. The first-order valence-corrected chi connectivity index (χ1v) is 7.84. The van der Waals surface area contributed by atoms with Crippen LogP contribution in [-0.4, -0.2) is 116 Å². The molecule has 0 saturated carbocycles. The minimum atomic E-state index is -2.44. The number of Topliss-reactive ketones (excluding diaryl/α,β-unsaturated/α-hetero) is 1. The summed E-state index contributed by atoms with van der Waals surface area (Å²) in [6.07, 6.45) is -13.2. The van der Waals surface area contributed by atoms with Crippen molar-refractivity contribution in [3.8, 4) is 0 Å². The van der Waals surface area contributed by atoms with E-state index in [-0.39, 0.29) is 0 Å². The first-order valence-electron chi connectivity index (χ1n) is 7.84. The number of ketones is 1. The van der Waals surface area contributed by atoms with Gasteiger partial charge in [-0.2, -0.15) is 0 Å². The van der Waals surface area contributed by atoms with Gasteiger partial charge in [0.15, 0.2) is 6.10 Å². The number of ether oxygens (including phenoxy) is 2. The van der Waals surface area contributed by atoms with Gasteiger partial charge in [0.2, 0.25) is 12.2 Å². The van der Waals surface area contributed by atoms with Crippen LogP contribution in [-0.2, 0) is 23.9 Å². The lowest BCUT2D eigenvalue weighted by Gasteiger charge is -2.41. The number of amides is 1. The molecule has 0 aliphatic carbocycles. The maximum Gasteiger partial charge on any atom is 0.379 e. The number of carbonyl (C=O) groups is 3. The second-order valence-electron chi connectivity index (χ2n) is 5.89. The van der Waals surface area contributed by atoms with Crippen molar-refractivity contribution in [2.45, 2.75) is 55.9 Å². The fourth-order valence-corrected chi connectivity index (χ4v) is 2.33. The van der Waals surface area contributed by atoms with Crippen molar-refractivity contribution in [2.75, 3.05) is 13.2 Å². The Morgan fingerprint density at radius 2 is 1.70 bits per heavy atom. The number of hydrogen-bond donors (Lipinski definition) is 8. The average Bonchev–Trinajstić information content (AvgIpc) is 2.64. The van der Waals surface area contributed by atoms with Crippen LogP contribution < -0.4 is 5.32 Å². The third kappa shape index (κ3) is 5.63. The Bertz CT molecular complexity index is 542. The highest BCUT2D eigenvalue weighted by atomic mass is 16.7. The molecule has 1 aliphatic heterocycles. The third-order valence-corrected chi connectivity index (χ3v) is 3.85. The Morgan fingerprint density at radius 3 is 2.19 bits per heavy atom. The molecule has 8 N–H and O–H groups in total. The van der Waals surface area contributed by atoms with Crippen LogP contribution in [0, 0.1) is 0 Å². The fourth-order valence-electron chi connectivity index (χ4n) is 2.33. The van der Waals surface area contributed by atoms with Crippen LogP contribution in [0.25, 0.3) is 0 Å². The van der Waals surface area contributed by atoms with Gasteiger partial charge in [0.25, 0.3) is 5.78 Å². The Kier molecular flexibility index (Phi) is 8.64. The van der Waals surface area contributed by atoms with Crippen LogP contribution in [0.5, 0.6) is 0 Å². The first kappa shape index (κ1) is 23.3. The average molecular weight is 397 g/mol. The lowest BCUT2D eigenvalue weighted by atomic mass is 9.97. The maximum absolute atomic E-state index is 11.9. The smallest absolute Gasteiger partial charge is 0.379 e. The molecule has 1 aliphatic rings. The fraction of sp³-hybridized carbons (Fsp3) is 0.786. The molecule has 0 radical (unpaired) electrons. The molecule has 0 aromatic heterocycles. The number of nitrogens with one attached hydrogen (secondary N) is 1. The molecular formula is C14H23NO12. The summed E-state index contributed by atoms with van der Waals surface area (Å²) in [6, 6.07) is -1.51. The summed E-state index contributed by atoms with van der Waals surface area (Å²) in [5, 5.41) is 68.0. The van der Waals surface area contributed by atoms with E-state index in [2.05, 4.69) is 10.1 Å². The normalized spacial score (nSPS) is 31.5. The predicted octanol–water partition coefficient (Wildman–Crippen LogP) is -5.88. The largest absolute Gasteiger partial charge is 0.428 e. The van der Waals surface area contributed by atoms with Gasteiger partial charge >= 0.3 is 5.97 Å². The molecular weight excluding hydrogens is 374 g/mol. The van der Waals surface area contributed by atoms with Crippen molar-refractivity contribution in [2.24, 2.45) is 0 Å². The Morgan fingerprint density at radius 1 is 1.11 bits per heavy atom. The Labute approximate surface area is 152 Å². The topological polar surface area (TPSA) is 223 Å². The van der Waals surface area contributed by atoms with Crippen LogP contribution in [0.4, 0.5) is 0 Å². The van der Waals surface area contributed by atoms with Crippen molar-refractivity contribution < 1.29 is 59.6 Å². The zero-order valence-electron chi connectivity index (χ0n) is 14.2. The van der Waals surface area contributed by atoms with Crippen molar-refractivity contribution in [1.82, 2.24) is 5.32 Å². The van der Waals surface area contributed by atoms with E-state index in [9.17, 15) is 39.9 Å². The Balaban J connectivity index is 2.91. The molecule has 1 saturated heterocycles. The molecule has 27 heavy (non-hydrogen) atoms. The van der Waals surface area contributed by atoms with Crippen molar-refractivity contribution >= 4 is 17.7 Å². The second kappa shape index (κ2) is 10.0. The molecule has 1 rings (SSSR count). The van der Waals surface area contributed by atoms with Gasteiger partial charge in [-0.25, -0.2) is 4.79 Å². The molecule has 8 atom stereocenters. The number of esters is 1. The van der Waals surface area contributed by atoms with E-state index in [0.717, 1.165) is 6.92 Å². The number of aliphatic hydroxyl groups excluding tert-OH is 7. The SMILES string of the molecule is CC(=O)N[C@H]1[C@@H](OC(=O)C(=O)C(O)C(O)C(O)CO)O[C@H](CO)[C@@H](O)[C@@H]1O. The Hall–Kier alpha value is -1.71. The van der Waals surface area contributed by atoms with E-state index >= 15 is 0 Å². The predicted molar refractivity (Wildman–Crippen MR) is 81.6 cm³/mol. The molecule has 1 heterocycles. The molecule has 0 spiro atoms. The molecule has 13 heteroatoms. The van der Waals surface area contributed by atoms with Gasteiger partial charge in [-0.3, -0.25) is 9.59 Å². The summed E-state index contributed by atoms with van der Waals surface area (Å²) in [5.41, 5.74) is 0. The molecule has 0 bridgehead atoms. The number of hydrogen-bond acceptors (Lipinski definition) is 12. The molecule has 1 amide bonds. The van der Waals surface area contributed by atoms with Crippen LogP contribution in [0.15, 0.2) is 0 Å². The summed E-state index contributed by atoms with van der Waals surface area (Å²) in [4.78, 5) is 35.0. The molecule has 13 nitrogen and oxygen atoms in total. The standard InChI is InChI=1S/C14H23NO12/c1-4(18)15-7-10(22)9(21)6(3-17)26-14(7)27-13(25)12(24)11(23)8(20)5(19)2-16/h5-11,14,16-17,19-23H,2-3H2,1H3,(H,15,18)/t5?,6-,7-,8?,9-,10-,11?,14-/m1/s1. The molecule has 0 aromatic carbocycles. The number of aliphatic hydroxyl groups is 7. The summed E-state index contributed by atoms with van der Waals surface area (Å²) in [5.74, 6) is -4.17. The number of rotatable bonds is 8. The minimum absolute atomic E-state index is 0.703. The van der Waals surface area contributed by atoms with E-state index in [1.54, 1.807) is 0 Å². The first-order chi connectivity index (χ1) is 12.5. The van der Waals surface area contributed by atoms with Crippen LogP contribution in [0.2, 0.25) is 0 Å². The van der Waals surface area contributed by atoms with Gasteiger partial charge in [-0.05, 0) is 0 Å². The zero-order chi connectivity index (χ0) is 20.9. The summed E-state index contributed by atoms with van der Waals surface area (Å²) in [7, 11) is 0. The van der Waals surface area contributed by atoms with Gasteiger partial charge in [-0.1, -0.05) is 0 Å². The highest BCUT2D eigenvalue weighted by molar-refractivity contribution is 6.35. The minimum Gasteiger partial charge on any atom is -0.428 e. The van der Waals surface area contributed by atoms with Crippen molar-refractivity contribution in [1.29, 1.82) is 0 Å². The summed E-state index contributed by atoms with van der Waals surface area (Å²) in [6.45, 7) is -0.742. The van der Waals surface area contributed by atoms with Gasteiger partial charge in [0.05, 0.1) is 13.2 Å². The maximum atomic E-state index is 11.9. The molecule has 0 aromatic rings. The highest BCUT2D eigenvalue weighted by Crippen LogP contribution is 2.22. The summed E-state index contributed by atoms with van der Waals surface area (Å²) < 4.78 is 9.74. The molecule has 1 fully saturated rings. The lowest BCUT2D eigenvalue weighted by molar-refractivity contribution is -0.262. The second-order valence-corrected chi connectivity index (χ2v) is 5.89. The van der Waals surface area contributed by atoms with E-state index in [1.807, 2.05) is 0 Å². The van der Waals surface area contributed by atoms with E-state index in [1.165, 1.54) is 0 Å². The van der Waals surface area contributed by atoms with E-state index in [0.29, 0.717) is 0 Å². The van der Waals surface area contributed by atoms with Gasteiger partial charge in [0.1, 0.15) is 36.6 Å². The van der Waals surface area contributed by atoms with Crippen LogP contribution >= 0.6 is 0 Å². The lowest BCUT2D eigenvalue weighted by Crippen LogP contribution is -2.65. The van der Waals surface area contributed by atoms with Crippen molar-refractivity contribution in [3.05, 3.63) is 0 Å². The van der Waals surface area contributed by atoms with Gasteiger partial charge < -0.3 is 50.5 Å². The third-order valence-electron chi connectivity index (χ3n) is 3.85. The number of carbonyl (C=O) groups excluding carboxylic acids is 3. The highest BCUT2D eigenvalue weighted by Gasteiger charge is 2.47. The molecule has 3 unspecified atom stereocenters. The molecule has 156 valence electrons. The van der Waals surface area contributed by atoms with Crippen LogP contribution in [0.1, 0.15) is 6.92 Å².